The number of amides is 1. The van der Waals surface area contributed by atoms with Crippen LogP contribution in [0.5, 0.6) is 0 Å². The van der Waals surface area contributed by atoms with Crippen LogP contribution in [0.3, 0.4) is 0 Å². The first-order valence-electron chi connectivity index (χ1n) is 6.16. The Labute approximate surface area is 117 Å². The number of halogens is 3. The molecule has 0 heterocycles. The minimum atomic E-state index is -4.90. The molecule has 1 amide bonds. The molecule has 1 rings (SSSR count). The van der Waals surface area contributed by atoms with Crippen LogP contribution in [0.25, 0.3) is 0 Å². The third-order valence-corrected chi connectivity index (χ3v) is 3.48. The van der Waals surface area contributed by atoms with Gasteiger partial charge in [0.2, 0.25) is 0 Å². The lowest BCUT2D eigenvalue weighted by Crippen LogP contribution is -2.42. The van der Waals surface area contributed by atoms with E-state index < -0.39 is 26.4 Å². The van der Waals surface area contributed by atoms with Gasteiger partial charge in [-0.25, -0.2) is 0 Å². The van der Waals surface area contributed by atoms with E-state index in [9.17, 15) is 18.0 Å². The van der Waals surface area contributed by atoms with Gasteiger partial charge in [-0.15, -0.1) is 0 Å². The standard InChI is InChI=1S/C13H18F3NO2Si/c1-20(2,3)19-9-11(10-7-5-4-6-8-10)17-12(18)13(14,15)16/h4-8,11H,9H2,1-3H3,(H,17,18)/t11-/m1/s1. The van der Waals surface area contributed by atoms with Gasteiger partial charge in [0.1, 0.15) is 0 Å². The predicted molar refractivity (Wildman–Crippen MR) is 72.7 cm³/mol. The third-order valence-electron chi connectivity index (χ3n) is 2.45. The maximum Gasteiger partial charge on any atom is 0.471 e. The fourth-order valence-corrected chi connectivity index (χ4v) is 2.15. The first-order chi connectivity index (χ1) is 9.09. The Kier molecular flexibility index (Phi) is 5.35. The Balaban J connectivity index is 2.83. The summed E-state index contributed by atoms with van der Waals surface area (Å²) in [6.45, 7) is 5.82. The van der Waals surface area contributed by atoms with Crippen molar-refractivity contribution in [3.05, 3.63) is 35.9 Å². The maximum absolute atomic E-state index is 12.4. The van der Waals surface area contributed by atoms with Crippen LogP contribution in [0.2, 0.25) is 19.6 Å². The van der Waals surface area contributed by atoms with Gasteiger partial charge < -0.3 is 9.74 Å². The number of hydrogen-bond donors (Lipinski definition) is 1. The molecule has 0 aliphatic rings. The minimum absolute atomic E-state index is 0.0293. The van der Waals surface area contributed by atoms with Gasteiger partial charge in [0.25, 0.3) is 0 Å². The smallest absolute Gasteiger partial charge is 0.415 e. The second kappa shape index (κ2) is 6.40. The lowest BCUT2D eigenvalue weighted by Gasteiger charge is -2.24. The molecule has 1 atom stereocenters. The summed E-state index contributed by atoms with van der Waals surface area (Å²) in [6, 6.07) is 7.68. The third kappa shape index (κ3) is 5.75. The van der Waals surface area contributed by atoms with E-state index in [1.54, 1.807) is 30.3 Å². The molecule has 1 aromatic carbocycles. The zero-order valence-corrected chi connectivity index (χ0v) is 12.6. The highest BCUT2D eigenvalue weighted by Crippen LogP contribution is 2.20. The summed E-state index contributed by atoms with van der Waals surface area (Å²) in [5.41, 5.74) is 0.586. The summed E-state index contributed by atoms with van der Waals surface area (Å²) in [5, 5.41) is 1.98. The van der Waals surface area contributed by atoms with E-state index in [4.69, 9.17) is 4.43 Å². The van der Waals surface area contributed by atoms with Gasteiger partial charge in [0, 0.05) is 0 Å². The molecule has 0 unspecified atom stereocenters. The molecule has 112 valence electrons. The molecular weight excluding hydrogens is 287 g/mol. The second-order valence-corrected chi connectivity index (χ2v) is 9.87. The van der Waals surface area contributed by atoms with Crippen molar-refractivity contribution in [2.45, 2.75) is 31.9 Å². The van der Waals surface area contributed by atoms with Crippen LogP contribution in [-0.4, -0.2) is 27.0 Å². The van der Waals surface area contributed by atoms with Crippen LogP contribution >= 0.6 is 0 Å². The van der Waals surface area contributed by atoms with Crippen molar-refractivity contribution in [3.8, 4) is 0 Å². The molecule has 0 radical (unpaired) electrons. The Bertz CT molecular complexity index is 443. The van der Waals surface area contributed by atoms with Crippen molar-refractivity contribution in [1.29, 1.82) is 0 Å². The lowest BCUT2D eigenvalue weighted by atomic mass is 10.1. The number of nitrogens with one attached hydrogen (secondary N) is 1. The first kappa shape index (κ1) is 16.7. The van der Waals surface area contributed by atoms with E-state index >= 15 is 0 Å². The zero-order chi connectivity index (χ0) is 15.4. The molecule has 0 saturated heterocycles. The van der Waals surface area contributed by atoms with Crippen LogP contribution in [0.15, 0.2) is 30.3 Å². The van der Waals surface area contributed by atoms with Crippen molar-refractivity contribution in [2.24, 2.45) is 0 Å². The van der Waals surface area contributed by atoms with E-state index in [0.29, 0.717) is 5.56 Å². The van der Waals surface area contributed by atoms with Gasteiger partial charge in [0.15, 0.2) is 8.32 Å². The number of alkyl halides is 3. The van der Waals surface area contributed by atoms with Crippen molar-refractivity contribution in [1.82, 2.24) is 5.32 Å². The van der Waals surface area contributed by atoms with E-state index in [1.165, 1.54) is 0 Å². The number of benzene rings is 1. The quantitative estimate of drug-likeness (QED) is 0.848. The molecule has 0 aromatic heterocycles. The van der Waals surface area contributed by atoms with Gasteiger partial charge in [-0.2, -0.15) is 13.2 Å². The van der Waals surface area contributed by atoms with E-state index in [1.807, 2.05) is 25.0 Å². The minimum Gasteiger partial charge on any atom is -0.415 e. The molecule has 0 saturated carbocycles. The lowest BCUT2D eigenvalue weighted by molar-refractivity contribution is -0.174. The van der Waals surface area contributed by atoms with Crippen molar-refractivity contribution in [2.75, 3.05) is 6.61 Å². The Morgan fingerprint density at radius 3 is 2.25 bits per heavy atom. The normalized spacial score (nSPS) is 13.9. The monoisotopic (exact) mass is 305 g/mol. The fourth-order valence-electron chi connectivity index (χ4n) is 1.48. The summed E-state index contributed by atoms with van der Waals surface area (Å²) in [4.78, 5) is 11.1. The SMILES string of the molecule is C[Si](C)(C)OC[C@@H](NC(=O)C(F)(F)F)c1ccccc1. The summed E-state index contributed by atoms with van der Waals surface area (Å²) < 4.78 is 42.7. The highest BCUT2D eigenvalue weighted by molar-refractivity contribution is 6.69. The van der Waals surface area contributed by atoms with Gasteiger partial charge in [-0.05, 0) is 25.2 Å². The Hall–Kier alpha value is -1.34. The van der Waals surface area contributed by atoms with E-state index in [2.05, 4.69) is 0 Å². The van der Waals surface area contributed by atoms with Crippen LogP contribution < -0.4 is 5.32 Å². The number of rotatable bonds is 5. The molecule has 1 aromatic rings. The number of carbonyl (C=O) groups is 1. The number of hydrogen-bond acceptors (Lipinski definition) is 2. The second-order valence-electron chi connectivity index (χ2n) is 5.36. The van der Waals surface area contributed by atoms with E-state index in [-0.39, 0.29) is 6.61 Å². The van der Waals surface area contributed by atoms with E-state index in [0.717, 1.165) is 0 Å². The summed E-state index contributed by atoms with van der Waals surface area (Å²) in [5.74, 6) is -1.95. The molecule has 0 aliphatic carbocycles. The van der Waals surface area contributed by atoms with Crippen LogP contribution in [0.4, 0.5) is 13.2 Å². The van der Waals surface area contributed by atoms with Crippen LogP contribution in [0.1, 0.15) is 11.6 Å². The topological polar surface area (TPSA) is 38.3 Å². The molecule has 0 bridgehead atoms. The molecule has 20 heavy (non-hydrogen) atoms. The molecule has 0 aliphatic heterocycles. The first-order valence-corrected chi connectivity index (χ1v) is 9.57. The summed E-state index contributed by atoms with van der Waals surface area (Å²) in [6.07, 6.45) is -4.90. The summed E-state index contributed by atoms with van der Waals surface area (Å²) >= 11 is 0. The van der Waals surface area contributed by atoms with Crippen molar-refractivity contribution < 1.29 is 22.4 Å². The molecule has 7 heteroatoms. The van der Waals surface area contributed by atoms with Crippen molar-refractivity contribution >= 4 is 14.2 Å². The molecular formula is C13H18F3NO2Si. The number of carbonyl (C=O) groups excluding carboxylic acids is 1. The van der Waals surface area contributed by atoms with Gasteiger partial charge >= 0.3 is 12.1 Å². The average Bonchev–Trinajstić information content (AvgIpc) is 2.33. The van der Waals surface area contributed by atoms with Crippen LogP contribution in [0, 0.1) is 0 Å². The molecule has 1 N–H and O–H groups in total. The largest absolute Gasteiger partial charge is 0.471 e. The molecule has 0 fully saturated rings. The Morgan fingerprint density at radius 1 is 1.25 bits per heavy atom. The van der Waals surface area contributed by atoms with Gasteiger partial charge in [0.05, 0.1) is 12.6 Å². The summed E-state index contributed by atoms with van der Waals surface area (Å²) in [7, 11) is -1.88. The fraction of sp³-hybridized carbons (Fsp3) is 0.462. The maximum atomic E-state index is 12.4. The van der Waals surface area contributed by atoms with Crippen molar-refractivity contribution in [3.63, 3.8) is 0 Å². The predicted octanol–water partition coefficient (Wildman–Crippen LogP) is 3.26. The molecule has 3 nitrogen and oxygen atoms in total. The van der Waals surface area contributed by atoms with Gasteiger partial charge in [-0.3, -0.25) is 4.79 Å². The highest BCUT2D eigenvalue weighted by atomic mass is 28.4. The Morgan fingerprint density at radius 2 is 1.80 bits per heavy atom. The average molecular weight is 305 g/mol. The highest BCUT2D eigenvalue weighted by Gasteiger charge is 2.40. The van der Waals surface area contributed by atoms with Crippen LogP contribution in [-0.2, 0) is 9.22 Å². The molecule has 0 spiro atoms. The van der Waals surface area contributed by atoms with Gasteiger partial charge in [-0.1, -0.05) is 30.3 Å². The zero-order valence-electron chi connectivity index (χ0n) is 11.6.